The maximum absolute atomic E-state index is 14.0. The number of nitrogens with zero attached hydrogens (tertiary/aromatic N) is 2. The SMILES string of the molecule is COc1ccc2cc(-c3cc(-c4ccc5c(c4)OC(F)(F)C(F)(F)O5)nn3C(C)c3ccc(C(=O)NCCC(=O)O)cc3)ccc2c1. The van der Waals surface area contributed by atoms with Crippen LogP contribution in [0.3, 0.4) is 0 Å². The number of aromatic nitrogens is 2. The summed E-state index contributed by atoms with van der Waals surface area (Å²) >= 11 is 0. The van der Waals surface area contributed by atoms with Gasteiger partial charge in [-0.3, -0.25) is 14.3 Å². The van der Waals surface area contributed by atoms with Crippen molar-refractivity contribution in [1.82, 2.24) is 15.1 Å². The minimum atomic E-state index is -4.87. The van der Waals surface area contributed by atoms with Crippen molar-refractivity contribution >= 4 is 22.6 Å². The van der Waals surface area contributed by atoms with E-state index in [-0.39, 0.29) is 13.0 Å². The Morgan fingerprint density at radius 1 is 0.872 bits per heavy atom. The second kappa shape index (κ2) is 12.0. The predicted octanol–water partition coefficient (Wildman–Crippen LogP) is 7.15. The molecule has 1 aromatic heterocycles. The van der Waals surface area contributed by atoms with Gasteiger partial charge in [0.1, 0.15) is 5.75 Å². The van der Waals surface area contributed by atoms with Crippen LogP contribution in [-0.4, -0.2) is 52.6 Å². The molecule has 0 bridgehead atoms. The minimum Gasteiger partial charge on any atom is -0.497 e. The third-order valence-corrected chi connectivity index (χ3v) is 7.78. The van der Waals surface area contributed by atoms with Crippen molar-refractivity contribution in [2.75, 3.05) is 13.7 Å². The monoisotopic (exact) mass is 649 g/mol. The highest BCUT2D eigenvalue weighted by atomic mass is 19.3. The molecule has 2 heterocycles. The zero-order valence-electron chi connectivity index (χ0n) is 25.0. The lowest BCUT2D eigenvalue weighted by atomic mass is 10.0. The average molecular weight is 650 g/mol. The van der Waals surface area contributed by atoms with Gasteiger partial charge in [0.25, 0.3) is 5.91 Å². The van der Waals surface area contributed by atoms with Gasteiger partial charge in [0.2, 0.25) is 0 Å². The molecule has 1 amide bonds. The molecule has 0 radical (unpaired) electrons. The van der Waals surface area contributed by atoms with Gasteiger partial charge in [-0.25, -0.2) is 0 Å². The maximum Gasteiger partial charge on any atom is 0.507 e. The molecule has 5 aromatic rings. The number of carboxylic acid groups (broad SMARTS) is 1. The third-order valence-electron chi connectivity index (χ3n) is 7.78. The first kappa shape index (κ1) is 31.4. The predicted molar refractivity (Wildman–Crippen MR) is 163 cm³/mol. The molecule has 1 aliphatic rings. The molecule has 0 spiro atoms. The quantitative estimate of drug-likeness (QED) is 0.163. The highest BCUT2D eigenvalue weighted by molar-refractivity contribution is 5.94. The van der Waals surface area contributed by atoms with E-state index in [2.05, 4.69) is 14.8 Å². The summed E-state index contributed by atoms with van der Waals surface area (Å²) in [5.74, 6) is -1.82. The smallest absolute Gasteiger partial charge is 0.497 e. The molecular formula is C34H27F4N3O6. The zero-order valence-corrected chi connectivity index (χ0v) is 25.0. The van der Waals surface area contributed by atoms with Crippen molar-refractivity contribution in [3.8, 4) is 39.8 Å². The fourth-order valence-electron chi connectivity index (χ4n) is 5.22. The summed E-state index contributed by atoms with van der Waals surface area (Å²) in [7, 11) is 1.58. The average Bonchev–Trinajstić information content (AvgIpc) is 3.49. The van der Waals surface area contributed by atoms with E-state index in [4.69, 9.17) is 14.9 Å². The topological polar surface area (TPSA) is 112 Å². The van der Waals surface area contributed by atoms with E-state index in [9.17, 15) is 27.2 Å². The summed E-state index contributed by atoms with van der Waals surface area (Å²) in [6, 6.07) is 23.3. The number of carbonyl (C=O) groups is 2. The second-order valence-corrected chi connectivity index (χ2v) is 10.9. The fraction of sp³-hybridized carbons (Fsp3) is 0.206. The lowest BCUT2D eigenvalue weighted by Gasteiger charge is -2.31. The zero-order chi connectivity index (χ0) is 33.5. The molecule has 47 heavy (non-hydrogen) atoms. The number of nitrogens with one attached hydrogen (secondary N) is 1. The van der Waals surface area contributed by atoms with Crippen LogP contribution in [-0.2, 0) is 4.79 Å². The highest BCUT2D eigenvalue weighted by Crippen LogP contribution is 2.48. The molecule has 242 valence electrons. The van der Waals surface area contributed by atoms with Gasteiger partial charge >= 0.3 is 18.2 Å². The van der Waals surface area contributed by atoms with Crippen LogP contribution in [0.4, 0.5) is 17.6 Å². The van der Waals surface area contributed by atoms with Crippen LogP contribution in [0, 0.1) is 0 Å². The van der Waals surface area contributed by atoms with Crippen molar-refractivity contribution in [3.05, 3.63) is 96.1 Å². The maximum atomic E-state index is 14.0. The molecule has 0 saturated carbocycles. The van der Waals surface area contributed by atoms with Crippen LogP contribution in [0.5, 0.6) is 17.2 Å². The van der Waals surface area contributed by atoms with Crippen LogP contribution in [0.1, 0.15) is 35.3 Å². The number of fused-ring (bicyclic) bond motifs is 2. The number of halogens is 4. The number of rotatable bonds is 9. The van der Waals surface area contributed by atoms with Gasteiger partial charge in [-0.15, -0.1) is 0 Å². The van der Waals surface area contributed by atoms with E-state index in [1.54, 1.807) is 42.1 Å². The van der Waals surface area contributed by atoms with Crippen LogP contribution in [0.2, 0.25) is 0 Å². The van der Waals surface area contributed by atoms with Crippen molar-refractivity contribution in [3.63, 3.8) is 0 Å². The Bertz CT molecular complexity index is 1990. The number of alkyl halides is 4. The first-order valence-electron chi connectivity index (χ1n) is 14.4. The van der Waals surface area contributed by atoms with Crippen molar-refractivity contribution in [1.29, 1.82) is 0 Å². The fourth-order valence-corrected chi connectivity index (χ4v) is 5.22. The van der Waals surface area contributed by atoms with Crippen molar-refractivity contribution in [2.45, 2.75) is 31.6 Å². The number of aliphatic carboxylic acids is 1. The number of amides is 1. The summed E-state index contributed by atoms with van der Waals surface area (Å²) in [6.07, 6.45) is -9.91. The Kier molecular flexibility index (Phi) is 8.00. The normalized spacial score (nSPS) is 15.2. The molecule has 6 rings (SSSR count). The van der Waals surface area contributed by atoms with E-state index >= 15 is 0 Å². The van der Waals surface area contributed by atoms with Gasteiger partial charge in [0.15, 0.2) is 11.5 Å². The van der Waals surface area contributed by atoms with Gasteiger partial charge in [0.05, 0.1) is 31.0 Å². The number of hydrogen-bond acceptors (Lipinski definition) is 6. The lowest BCUT2D eigenvalue weighted by Crippen LogP contribution is -2.52. The van der Waals surface area contributed by atoms with E-state index in [0.29, 0.717) is 28.3 Å². The second-order valence-electron chi connectivity index (χ2n) is 10.9. The van der Waals surface area contributed by atoms with Crippen LogP contribution in [0.15, 0.2) is 84.9 Å². The van der Waals surface area contributed by atoms with E-state index < -0.39 is 41.6 Å². The molecule has 4 aromatic carbocycles. The van der Waals surface area contributed by atoms with Crippen LogP contribution in [0.25, 0.3) is 33.3 Å². The molecule has 0 aliphatic carbocycles. The Hall–Kier alpha value is -5.59. The number of carbonyl (C=O) groups excluding carboxylic acids is 1. The van der Waals surface area contributed by atoms with E-state index in [1.807, 2.05) is 43.3 Å². The standard InChI is InChI=1S/C34H27F4N3O6/c1-19(20-3-5-21(6-4-20)32(44)39-14-13-31(42)43)41-28(25-8-7-23-16-26(45-2)11-9-22(23)15-25)18-27(40-41)24-10-12-29-30(17-24)47-34(37,38)33(35,36)46-29/h3-12,15-19H,13-14H2,1-2H3,(H,39,44)(H,42,43). The number of carboxylic acids is 1. The van der Waals surface area contributed by atoms with Gasteiger partial charge in [-0.05, 0) is 77.9 Å². The highest BCUT2D eigenvalue weighted by Gasteiger charge is 2.66. The Labute approximate surface area is 265 Å². The molecule has 2 N–H and O–H groups in total. The molecule has 13 heteroatoms. The largest absolute Gasteiger partial charge is 0.507 e. The summed E-state index contributed by atoms with van der Waals surface area (Å²) in [5, 5.41) is 18.0. The Morgan fingerprint density at radius 3 is 2.23 bits per heavy atom. The third kappa shape index (κ3) is 6.16. The number of hydrogen-bond donors (Lipinski definition) is 2. The molecule has 1 unspecified atom stereocenters. The first-order valence-corrected chi connectivity index (χ1v) is 14.4. The minimum absolute atomic E-state index is 0.00971. The van der Waals surface area contributed by atoms with E-state index in [1.165, 1.54) is 12.1 Å². The summed E-state index contributed by atoms with van der Waals surface area (Å²) in [5.41, 5.74) is 3.23. The van der Waals surface area contributed by atoms with Gasteiger partial charge < -0.3 is 24.6 Å². The molecule has 1 atom stereocenters. The number of benzene rings is 4. The molecule has 0 saturated heterocycles. The Morgan fingerprint density at radius 2 is 1.53 bits per heavy atom. The molecule has 1 aliphatic heterocycles. The number of methoxy groups -OCH3 is 1. The molecular weight excluding hydrogens is 622 g/mol. The van der Waals surface area contributed by atoms with Crippen molar-refractivity contribution in [2.24, 2.45) is 0 Å². The molecule has 0 fully saturated rings. The van der Waals surface area contributed by atoms with Crippen molar-refractivity contribution < 1.29 is 46.5 Å². The summed E-state index contributed by atoms with van der Waals surface area (Å²) < 4.78 is 71.0. The van der Waals surface area contributed by atoms with Crippen LogP contribution >= 0.6 is 0 Å². The van der Waals surface area contributed by atoms with Gasteiger partial charge in [-0.1, -0.05) is 30.3 Å². The van der Waals surface area contributed by atoms with Gasteiger partial charge in [0, 0.05) is 23.2 Å². The lowest BCUT2D eigenvalue weighted by molar-refractivity contribution is -0.391. The van der Waals surface area contributed by atoms with E-state index in [0.717, 1.165) is 28.0 Å². The van der Waals surface area contributed by atoms with Crippen LogP contribution < -0.4 is 19.5 Å². The number of ether oxygens (including phenoxy) is 3. The Balaban J connectivity index is 1.38. The summed E-state index contributed by atoms with van der Waals surface area (Å²) in [6.45, 7) is 1.88. The summed E-state index contributed by atoms with van der Waals surface area (Å²) in [4.78, 5) is 23.2. The first-order chi connectivity index (χ1) is 22.3. The molecule has 9 nitrogen and oxygen atoms in total. The van der Waals surface area contributed by atoms with Gasteiger partial charge in [-0.2, -0.15) is 22.7 Å².